The number of amides is 3. The van der Waals surface area contributed by atoms with E-state index in [1.807, 2.05) is 6.92 Å². The van der Waals surface area contributed by atoms with Crippen molar-refractivity contribution >= 4 is 28.4 Å². The summed E-state index contributed by atoms with van der Waals surface area (Å²) in [6, 6.07) is 5.36. The quantitative estimate of drug-likeness (QED) is 0.797. The summed E-state index contributed by atoms with van der Waals surface area (Å²) in [6.07, 6.45) is 0.626. The van der Waals surface area contributed by atoms with E-state index in [1.165, 1.54) is 23.5 Å². The number of halogens is 1. The lowest BCUT2D eigenvalue weighted by Crippen LogP contribution is -2.38. The highest BCUT2D eigenvalue weighted by Crippen LogP contribution is 2.25. The molecule has 1 aliphatic rings. The Labute approximate surface area is 136 Å². The first-order valence-corrected chi connectivity index (χ1v) is 7.89. The molecular weight excluding hydrogens is 319 g/mol. The number of hydrogen-bond donors (Lipinski definition) is 3. The van der Waals surface area contributed by atoms with Crippen LogP contribution in [0.4, 0.5) is 14.3 Å². The van der Waals surface area contributed by atoms with Gasteiger partial charge in [-0.25, -0.2) is 14.2 Å². The van der Waals surface area contributed by atoms with Gasteiger partial charge in [0.2, 0.25) is 0 Å². The smallest absolute Gasteiger partial charge is 0.315 e. The lowest BCUT2D eigenvalue weighted by Gasteiger charge is -2.06. The number of urea groups is 1. The standard InChI is InChI=1S/C15H15FN4O2S/c1-8-12(6-9-2-4-10(16)5-3-9)23-15(18-8)20-13(21)11-7-17-14(22)19-11/h2-5,11H,6-7H2,1H3,(H2,17,19,22)(H,18,20,21)/t11-/m0/s1. The first kappa shape index (κ1) is 15.4. The zero-order valence-electron chi connectivity index (χ0n) is 12.4. The van der Waals surface area contributed by atoms with Crippen LogP contribution in [0.15, 0.2) is 24.3 Å². The first-order chi connectivity index (χ1) is 11.0. The Kier molecular flexibility index (Phi) is 4.24. The molecule has 2 aromatic rings. The van der Waals surface area contributed by atoms with Crippen molar-refractivity contribution < 1.29 is 14.0 Å². The highest BCUT2D eigenvalue weighted by atomic mass is 32.1. The van der Waals surface area contributed by atoms with Gasteiger partial charge in [0.15, 0.2) is 5.13 Å². The molecule has 3 amide bonds. The molecule has 1 saturated heterocycles. The predicted molar refractivity (Wildman–Crippen MR) is 85.0 cm³/mol. The van der Waals surface area contributed by atoms with Gasteiger partial charge in [-0.3, -0.25) is 4.79 Å². The van der Waals surface area contributed by atoms with Crippen LogP contribution >= 0.6 is 11.3 Å². The summed E-state index contributed by atoms with van der Waals surface area (Å²) >= 11 is 1.38. The van der Waals surface area contributed by atoms with Gasteiger partial charge in [-0.15, -0.1) is 11.3 Å². The molecule has 0 radical (unpaired) electrons. The van der Waals surface area contributed by atoms with E-state index < -0.39 is 6.04 Å². The number of anilines is 1. The van der Waals surface area contributed by atoms with Crippen molar-refractivity contribution in [1.82, 2.24) is 15.6 Å². The van der Waals surface area contributed by atoms with Crippen molar-refractivity contribution in [3.63, 3.8) is 0 Å². The fourth-order valence-corrected chi connectivity index (χ4v) is 3.24. The molecule has 23 heavy (non-hydrogen) atoms. The maximum Gasteiger partial charge on any atom is 0.315 e. The summed E-state index contributed by atoms with van der Waals surface area (Å²) in [6.45, 7) is 2.13. The van der Waals surface area contributed by atoms with E-state index in [9.17, 15) is 14.0 Å². The Hall–Kier alpha value is -2.48. The highest BCUT2D eigenvalue weighted by molar-refractivity contribution is 7.15. The number of nitrogens with one attached hydrogen (secondary N) is 3. The molecule has 1 atom stereocenters. The molecule has 3 N–H and O–H groups in total. The summed E-state index contributed by atoms with van der Waals surface area (Å²) in [7, 11) is 0. The monoisotopic (exact) mass is 334 g/mol. The zero-order chi connectivity index (χ0) is 16.4. The van der Waals surface area contributed by atoms with Crippen LogP contribution < -0.4 is 16.0 Å². The zero-order valence-corrected chi connectivity index (χ0v) is 13.2. The van der Waals surface area contributed by atoms with E-state index in [-0.39, 0.29) is 24.3 Å². The molecular formula is C15H15FN4O2S. The average Bonchev–Trinajstić information content (AvgIpc) is 3.08. The van der Waals surface area contributed by atoms with Crippen molar-refractivity contribution in [2.75, 3.05) is 11.9 Å². The van der Waals surface area contributed by atoms with Crippen LogP contribution in [0.5, 0.6) is 0 Å². The van der Waals surface area contributed by atoms with Crippen LogP contribution in [-0.4, -0.2) is 29.5 Å². The Morgan fingerprint density at radius 2 is 2.17 bits per heavy atom. The molecule has 1 aliphatic heterocycles. The summed E-state index contributed by atoms with van der Waals surface area (Å²) in [5, 5.41) is 8.26. The van der Waals surface area contributed by atoms with Gasteiger partial charge >= 0.3 is 6.03 Å². The van der Waals surface area contributed by atoms with E-state index in [1.54, 1.807) is 12.1 Å². The number of rotatable bonds is 4. The minimum absolute atomic E-state index is 0.261. The minimum Gasteiger partial charge on any atom is -0.336 e. The second-order valence-corrected chi connectivity index (χ2v) is 6.31. The Morgan fingerprint density at radius 3 is 2.83 bits per heavy atom. The lowest BCUT2D eigenvalue weighted by molar-refractivity contribution is -0.117. The molecule has 6 nitrogen and oxygen atoms in total. The van der Waals surface area contributed by atoms with E-state index >= 15 is 0 Å². The molecule has 1 aromatic heterocycles. The van der Waals surface area contributed by atoms with Crippen LogP contribution in [0.3, 0.4) is 0 Å². The van der Waals surface area contributed by atoms with Crippen molar-refractivity contribution in [1.29, 1.82) is 0 Å². The summed E-state index contributed by atoms with van der Waals surface area (Å²) in [5.41, 5.74) is 1.80. The van der Waals surface area contributed by atoms with Gasteiger partial charge in [0, 0.05) is 17.8 Å². The largest absolute Gasteiger partial charge is 0.336 e. The first-order valence-electron chi connectivity index (χ1n) is 7.07. The molecule has 3 rings (SSSR count). The summed E-state index contributed by atoms with van der Waals surface area (Å²) < 4.78 is 12.9. The van der Waals surface area contributed by atoms with Crippen molar-refractivity contribution in [2.24, 2.45) is 0 Å². The number of carbonyl (C=O) groups excluding carboxylic acids is 2. The number of aryl methyl sites for hydroxylation is 1. The van der Waals surface area contributed by atoms with Crippen molar-refractivity contribution in [3.8, 4) is 0 Å². The van der Waals surface area contributed by atoms with Gasteiger partial charge < -0.3 is 16.0 Å². The van der Waals surface area contributed by atoms with E-state index in [4.69, 9.17) is 0 Å². The lowest BCUT2D eigenvalue weighted by atomic mass is 10.1. The van der Waals surface area contributed by atoms with E-state index in [0.29, 0.717) is 11.6 Å². The second kappa shape index (κ2) is 6.33. The van der Waals surface area contributed by atoms with Gasteiger partial charge in [0.25, 0.3) is 5.91 Å². The van der Waals surface area contributed by atoms with Gasteiger partial charge in [-0.2, -0.15) is 0 Å². The number of nitrogens with zero attached hydrogens (tertiary/aromatic N) is 1. The SMILES string of the molecule is Cc1nc(NC(=O)[C@@H]2CNC(=O)N2)sc1Cc1ccc(F)cc1. The summed E-state index contributed by atoms with van der Waals surface area (Å²) in [4.78, 5) is 28.4. The highest BCUT2D eigenvalue weighted by Gasteiger charge is 2.27. The Balaban J connectivity index is 1.67. The van der Waals surface area contributed by atoms with Crippen LogP contribution in [0, 0.1) is 12.7 Å². The van der Waals surface area contributed by atoms with Gasteiger partial charge in [0.1, 0.15) is 11.9 Å². The number of carbonyl (C=O) groups is 2. The number of hydrogen-bond acceptors (Lipinski definition) is 4. The number of thiazole rings is 1. The van der Waals surface area contributed by atoms with Crippen molar-refractivity contribution in [2.45, 2.75) is 19.4 Å². The maximum absolute atomic E-state index is 12.9. The molecule has 0 aliphatic carbocycles. The molecule has 120 valence electrons. The van der Waals surface area contributed by atoms with Gasteiger partial charge in [-0.1, -0.05) is 12.1 Å². The molecule has 2 heterocycles. The molecule has 0 bridgehead atoms. The Morgan fingerprint density at radius 1 is 1.43 bits per heavy atom. The molecule has 0 spiro atoms. The molecule has 0 saturated carbocycles. The van der Waals surface area contributed by atoms with E-state index in [2.05, 4.69) is 20.9 Å². The maximum atomic E-state index is 12.9. The van der Waals surface area contributed by atoms with Crippen LogP contribution in [0.2, 0.25) is 0 Å². The van der Waals surface area contributed by atoms with Crippen LogP contribution in [0.25, 0.3) is 0 Å². The number of aromatic nitrogens is 1. The van der Waals surface area contributed by atoms with Crippen LogP contribution in [0.1, 0.15) is 16.1 Å². The Bertz CT molecular complexity index is 744. The molecule has 0 unspecified atom stereocenters. The third kappa shape index (κ3) is 3.65. The molecule has 1 aromatic carbocycles. The average molecular weight is 334 g/mol. The normalized spacial score (nSPS) is 16.8. The van der Waals surface area contributed by atoms with Crippen molar-refractivity contribution in [3.05, 3.63) is 46.2 Å². The van der Waals surface area contributed by atoms with Gasteiger partial charge in [-0.05, 0) is 24.6 Å². The fraction of sp³-hybridized carbons (Fsp3) is 0.267. The van der Waals surface area contributed by atoms with Gasteiger partial charge in [0.05, 0.1) is 5.69 Å². The van der Waals surface area contributed by atoms with Crippen LogP contribution in [-0.2, 0) is 11.2 Å². The third-order valence-electron chi connectivity index (χ3n) is 3.49. The minimum atomic E-state index is -0.591. The molecule has 8 heteroatoms. The molecule has 1 fully saturated rings. The number of benzene rings is 1. The second-order valence-electron chi connectivity index (χ2n) is 5.23. The fourth-order valence-electron chi connectivity index (χ4n) is 2.24. The predicted octanol–water partition coefficient (Wildman–Crippen LogP) is 1.80. The topological polar surface area (TPSA) is 83.1 Å². The summed E-state index contributed by atoms with van der Waals surface area (Å²) in [5.74, 6) is -0.569. The van der Waals surface area contributed by atoms with E-state index in [0.717, 1.165) is 16.1 Å². The third-order valence-corrected chi connectivity index (χ3v) is 4.56.